The molecule has 0 aliphatic heterocycles. The van der Waals surface area contributed by atoms with Gasteiger partial charge >= 0.3 is 0 Å². The first-order valence-electron chi connectivity index (χ1n) is 9.60. The van der Waals surface area contributed by atoms with Gasteiger partial charge in [-0.3, -0.25) is 9.48 Å². The van der Waals surface area contributed by atoms with Gasteiger partial charge in [-0.15, -0.1) is 0 Å². The number of fused-ring (bicyclic) bond motifs is 1. The smallest absolute Gasteiger partial charge is 0.259 e. The molecule has 1 atom stereocenters. The van der Waals surface area contributed by atoms with Gasteiger partial charge in [0.1, 0.15) is 11.4 Å². The lowest BCUT2D eigenvalue weighted by atomic mass is 10.0. The maximum atomic E-state index is 13.3. The number of benzene rings is 1. The molecular formula is C22H23N5O3. The van der Waals surface area contributed by atoms with Gasteiger partial charge in [-0.1, -0.05) is 17.3 Å². The molecule has 8 heteroatoms. The van der Waals surface area contributed by atoms with Crippen LogP contribution in [0.2, 0.25) is 0 Å². The quantitative estimate of drug-likeness (QED) is 0.543. The molecule has 0 saturated heterocycles. The van der Waals surface area contributed by atoms with E-state index in [0.29, 0.717) is 33.8 Å². The number of ether oxygens (including phenoxy) is 1. The zero-order valence-electron chi connectivity index (χ0n) is 17.6. The van der Waals surface area contributed by atoms with Gasteiger partial charge in [0.25, 0.3) is 11.6 Å². The lowest BCUT2D eigenvalue weighted by Crippen LogP contribution is -2.27. The normalized spacial score (nSPS) is 12.2. The molecular weight excluding hydrogens is 382 g/mol. The Labute approximate surface area is 173 Å². The van der Waals surface area contributed by atoms with Crippen molar-refractivity contribution < 1.29 is 14.1 Å². The van der Waals surface area contributed by atoms with Crippen LogP contribution in [-0.2, 0) is 7.05 Å². The first kappa shape index (κ1) is 19.6. The molecule has 3 aromatic heterocycles. The number of carbonyl (C=O) groups is 1. The van der Waals surface area contributed by atoms with Crippen LogP contribution in [0.1, 0.15) is 40.3 Å². The fraction of sp³-hybridized carbons (Fsp3) is 0.273. The van der Waals surface area contributed by atoms with Crippen molar-refractivity contribution in [2.75, 3.05) is 7.11 Å². The Bertz CT molecular complexity index is 1240. The van der Waals surface area contributed by atoms with Crippen LogP contribution in [-0.4, -0.2) is 32.9 Å². The molecule has 0 bridgehead atoms. The number of hydrogen-bond donors (Lipinski definition) is 1. The molecule has 4 aromatic rings. The zero-order chi connectivity index (χ0) is 21.4. The summed E-state index contributed by atoms with van der Waals surface area (Å²) in [6.45, 7) is 5.73. The maximum Gasteiger partial charge on any atom is 0.259 e. The number of hydrogen-bond acceptors (Lipinski definition) is 6. The van der Waals surface area contributed by atoms with Crippen molar-refractivity contribution in [2.24, 2.45) is 7.05 Å². The number of aromatic nitrogens is 4. The van der Waals surface area contributed by atoms with E-state index in [-0.39, 0.29) is 11.9 Å². The predicted octanol–water partition coefficient (Wildman–Crippen LogP) is 3.74. The molecule has 0 aliphatic carbocycles. The molecule has 1 aromatic carbocycles. The number of amides is 1. The van der Waals surface area contributed by atoms with Crippen molar-refractivity contribution in [3.05, 3.63) is 59.0 Å². The van der Waals surface area contributed by atoms with Gasteiger partial charge in [0.15, 0.2) is 0 Å². The second kappa shape index (κ2) is 7.62. The average Bonchev–Trinajstić information content (AvgIpc) is 3.30. The molecule has 0 aliphatic rings. The van der Waals surface area contributed by atoms with Crippen molar-refractivity contribution in [1.29, 1.82) is 0 Å². The molecule has 3 heterocycles. The van der Waals surface area contributed by atoms with Crippen LogP contribution >= 0.6 is 0 Å². The van der Waals surface area contributed by atoms with Gasteiger partial charge in [-0.25, -0.2) is 4.98 Å². The van der Waals surface area contributed by atoms with Gasteiger partial charge in [-0.05, 0) is 39.0 Å². The van der Waals surface area contributed by atoms with Gasteiger partial charge in [-0.2, -0.15) is 5.10 Å². The number of methoxy groups -OCH3 is 1. The lowest BCUT2D eigenvalue weighted by Gasteiger charge is -2.14. The van der Waals surface area contributed by atoms with Crippen LogP contribution in [0.3, 0.4) is 0 Å². The van der Waals surface area contributed by atoms with E-state index in [1.165, 1.54) is 0 Å². The Hall–Kier alpha value is -3.68. The monoisotopic (exact) mass is 405 g/mol. The van der Waals surface area contributed by atoms with E-state index in [0.717, 1.165) is 16.8 Å². The summed E-state index contributed by atoms with van der Waals surface area (Å²) in [7, 11) is 3.48. The number of nitrogens with zero attached hydrogens (tertiary/aromatic N) is 4. The summed E-state index contributed by atoms with van der Waals surface area (Å²) in [5.41, 5.74) is 4.75. The second-order valence-corrected chi connectivity index (χ2v) is 7.26. The summed E-state index contributed by atoms with van der Waals surface area (Å²) in [6, 6.07) is 8.99. The SMILES string of the molecule is COc1cccc(-c2noc3nc(C)cc(C(=O)NC(C)c4cnn(C)c4C)c23)c1. The average molecular weight is 405 g/mol. The Morgan fingerprint density at radius 3 is 2.77 bits per heavy atom. The molecule has 0 fully saturated rings. The molecule has 4 rings (SSSR count). The number of pyridine rings is 1. The van der Waals surface area contributed by atoms with Gasteiger partial charge in [0, 0.05) is 29.6 Å². The highest BCUT2D eigenvalue weighted by Crippen LogP contribution is 2.32. The van der Waals surface area contributed by atoms with E-state index in [1.54, 1.807) is 24.1 Å². The predicted molar refractivity (Wildman–Crippen MR) is 112 cm³/mol. The maximum absolute atomic E-state index is 13.3. The fourth-order valence-electron chi connectivity index (χ4n) is 3.51. The van der Waals surface area contributed by atoms with Gasteiger partial charge in [0.2, 0.25) is 0 Å². The molecule has 0 saturated carbocycles. The van der Waals surface area contributed by atoms with Crippen molar-refractivity contribution >= 4 is 17.0 Å². The van der Waals surface area contributed by atoms with E-state index in [2.05, 4.69) is 20.6 Å². The number of nitrogens with one attached hydrogen (secondary N) is 1. The van der Waals surface area contributed by atoms with Crippen molar-refractivity contribution in [3.63, 3.8) is 0 Å². The van der Waals surface area contributed by atoms with Crippen LogP contribution in [0.5, 0.6) is 5.75 Å². The van der Waals surface area contributed by atoms with Crippen LogP contribution < -0.4 is 10.1 Å². The standard InChI is InChI=1S/C22H23N5O3/c1-12-9-17(21(28)25-13(2)18-11-23-27(4)14(18)3)19-20(26-30-22(19)24-12)15-7-6-8-16(10-15)29-5/h6-11,13H,1-5H3,(H,25,28). The Kier molecular flexibility index (Phi) is 4.99. The summed E-state index contributed by atoms with van der Waals surface area (Å²) in [6.07, 6.45) is 1.77. The third-order valence-electron chi connectivity index (χ3n) is 5.25. The zero-order valence-corrected chi connectivity index (χ0v) is 17.6. The van der Waals surface area contributed by atoms with Crippen molar-refractivity contribution in [1.82, 2.24) is 25.2 Å². The second-order valence-electron chi connectivity index (χ2n) is 7.26. The highest BCUT2D eigenvalue weighted by Gasteiger charge is 2.23. The van der Waals surface area contributed by atoms with E-state index < -0.39 is 0 Å². The van der Waals surface area contributed by atoms with Crippen LogP contribution in [0.25, 0.3) is 22.4 Å². The van der Waals surface area contributed by atoms with E-state index >= 15 is 0 Å². The molecule has 0 spiro atoms. The molecule has 1 N–H and O–H groups in total. The number of aryl methyl sites for hydroxylation is 2. The first-order chi connectivity index (χ1) is 14.4. The first-order valence-corrected chi connectivity index (χ1v) is 9.60. The summed E-state index contributed by atoms with van der Waals surface area (Å²) in [4.78, 5) is 17.7. The van der Waals surface area contributed by atoms with Crippen LogP contribution in [0.15, 0.2) is 41.1 Å². The Morgan fingerprint density at radius 2 is 2.07 bits per heavy atom. The largest absolute Gasteiger partial charge is 0.497 e. The van der Waals surface area contributed by atoms with Crippen LogP contribution in [0, 0.1) is 13.8 Å². The summed E-state index contributed by atoms with van der Waals surface area (Å²) in [5.74, 6) is 0.462. The summed E-state index contributed by atoms with van der Waals surface area (Å²) >= 11 is 0. The Balaban J connectivity index is 1.77. The summed E-state index contributed by atoms with van der Waals surface area (Å²) in [5, 5.41) is 12.1. The van der Waals surface area contributed by atoms with Crippen LogP contribution in [0.4, 0.5) is 0 Å². The minimum Gasteiger partial charge on any atom is -0.497 e. The molecule has 8 nitrogen and oxygen atoms in total. The third kappa shape index (κ3) is 3.41. The fourth-order valence-corrected chi connectivity index (χ4v) is 3.51. The van der Waals surface area contributed by atoms with E-state index in [4.69, 9.17) is 9.26 Å². The molecule has 154 valence electrons. The Morgan fingerprint density at radius 1 is 1.27 bits per heavy atom. The molecule has 1 unspecified atom stereocenters. The van der Waals surface area contributed by atoms with E-state index in [1.807, 2.05) is 52.1 Å². The lowest BCUT2D eigenvalue weighted by molar-refractivity contribution is 0.0941. The van der Waals surface area contributed by atoms with Gasteiger partial charge < -0.3 is 14.6 Å². The number of carbonyl (C=O) groups excluding carboxylic acids is 1. The minimum atomic E-state index is -0.228. The molecule has 0 radical (unpaired) electrons. The highest BCUT2D eigenvalue weighted by molar-refractivity contribution is 6.09. The minimum absolute atomic E-state index is 0.213. The third-order valence-corrected chi connectivity index (χ3v) is 5.25. The highest BCUT2D eigenvalue weighted by atomic mass is 16.5. The summed E-state index contributed by atoms with van der Waals surface area (Å²) < 4.78 is 12.6. The van der Waals surface area contributed by atoms with Crippen molar-refractivity contribution in [3.8, 4) is 17.0 Å². The molecule has 30 heavy (non-hydrogen) atoms. The van der Waals surface area contributed by atoms with Crippen molar-refractivity contribution in [2.45, 2.75) is 26.8 Å². The topological polar surface area (TPSA) is 95.1 Å². The van der Waals surface area contributed by atoms with E-state index in [9.17, 15) is 4.79 Å². The van der Waals surface area contributed by atoms with Gasteiger partial charge in [0.05, 0.1) is 30.3 Å². The molecule has 1 amide bonds. The number of rotatable bonds is 5.